The Morgan fingerprint density at radius 3 is 2.65 bits per heavy atom. The second-order valence-electron chi connectivity index (χ2n) is 4.74. The van der Waals surface area contributed by atoms with E-state index in [0.717, 1.165) is 5.56 Å². The number of amides is 1. The molecule has 118 valence electrons. The van der Waals surface area contributed by atoms with Crippen molar-refractivity contribution in [3.05, 3.63) is 53.1 Å². The lowest BCUT2D eigenvalue weighted by Crippen LogP contribution is -2.20. The van der Waals surface area contributed by atoms with Gasteiger partial charge in [0.1, 0.15) is 17.6 Å². The number of carbonyl (C=O) groups is 1. The number of hydrogen-bond donors (Lipinski definition) is 1. The fourth-order valence-electron chi connectivity index (χ4n) is 1.81. The fourth-order valence-corrected chi connectivity index (χ4v) is 1.98. The van der Waals surface area contributed by atoms with E-state index in [4.69, 9.17) is 26.3 Å². The molecule has 0 aliphatic carbocycles. The Labute approximate surface area is 139 Å². The Morgan fingerprint density at radius 1 is 1.22 bits per heavy atom. The molecule has 0 radical (unpaired) electrons. The van der Waals surface area contributed by atoms with Crippen LogP contribution < -0.4 is 14.8 Å². The summed E-state index contributed by atoms with van der Waals surface area (Å²) in [5.41, 5.74) is 1.61. The van der Waals surface area contributed by atoms with Crippen molar-refractivity contribution in [3.63, 3.8) is 0 Å². The molecule has 2 rings (SSSR count). The second kappa shape index (κ2) is 8.06. The maximum atomic E-state index is 11.9. The predicted octanol–water partition coefficient (Wildman–Crippen LogP) is 3.57. The van der Waals surface area contributed by atoms with Crippen molar-refractivity contribution in [1.29, 1.82) is 5.26 Å². The summed E-state index contributed by atoms with van der Waals surface area (Å²) in [6, 6.07) is 14.0. The molecule has 0 heterocycles. The van der Waals surface area contributed by atoms with Crippen molar-refractivity contribution in [2.75, 3.05) is 18.5 Å². The van der Waals surface area contributed by atoms with E-state index in [1.807, 2.05) is 19.1 Å². The number of hydrogen-bond acceptors (Lipinski definition) is 4. The van der Waals surface area contributed by atoms with Gasteiger partial charge in [0.25, 0.3) is 5.91 Å². The van der Waals surface area contributed by atoms with Gasteiger partial charge in [-0.3, -0.25) is 4.79 Å². The van der Waals surface area contributed by atoms with Crippen molar-refractivity contribution < 1.29 is 14.3 Å². The number of rotatable bonds is 6. The third kappa shape index (κ3) is 5.20. The number of nitrogens with one attached hydrogen (secondary N) is 1. The van der Waals surface area contributed by atoms with Gasteiger partial charge in [-0.1, -0.05) is 17.7 Å². The highest BCUT2D eigenvalue weighted by atomic mass is 35.5. The van der Waals surface area contributed by atoms with E-state index in [1.54, 1.807) is 36.4 Å². The number of nitrogens with zero attached hydrogens (tertiary/aromatic N) is 1. The monoisotopic (exact) mass is 330 g/mol. The number of nitriles is 1. The van der Waals surface area contributed by atoms with Crippen LogP contribution in [0.3, 0.4) is 0 Å². The summed E-state index contributed by atoms with van der Waals surface area (Å²) in [5.74, 6) is 0.739. The summed E-state index contributed by atoms with van der Waals surface area (Å²) in [7, 11) is 0. The molecule has 0 aliphatic heterocycles. The molecule has 0 aliphatic rings. The molecule has 0 saturated heterocycles. The van der Waals surface area contributed by atoms with Crippen molar-refractivity contribution in [2.24, 2.45) is 0 Å². The Balaban J connectivity index is 1.87. The van der Waals surface area contributed by atoms with Crippen LogP contribution in [0.1, 0.15) is 5.56 Å². The van der Waals surface area contributed by atoms with Gasteiger partial charge in [-0.15, -0.1) is 0 Å². The van der Waals surface area contributed by atoms with Gasteiger partial charge in [-0.25, -0.2) is 0 Å². The summed E-state index contributed by atoms with van der Waals surface area (Å²) in [6.07, 6.45) is 0. The van der Waals surface area contributed by atoms with Crippen LogP contribution in [-0.4, -0.2) is 19.1 Å². The third-order valence-electron chi connectivity index (χ3n) is 2.89. The molecule has 2 aromatic rings. The first-order chi connectivity index (χ1) is 11.1. The Kier molecular flexibility index (Phi) is 5.84. The molecule has 0 atom stereocenters. The molecule has 0 fully saturated rings. The lowest BCUT2D eigenvalue weighted by Gasteiger charge is -2.10. The molecule has 1 N–H and O–H groups in total. The largest absolute Gasteiger partial charge is 0.482 e. The minimum Gasteiger partial charge on any atom is -0.482 e. The number of anilines is 1. The van der Waals surface area contributed by atoms with Crippen LogP contribution in [0.5, 0.6) is 11.5 Å². The van der Waals surface area contributed by atoms with Gasteiger partial charge < -0.3 is 14.8 Å². The number of aryl methyl sites for hydroxylation is 1. The molecule has 0 bridgehead atoms. The van der Waals surface area contributed by atoms with Crippen molar-refractivity contribution in [1.82, 2.24) is 0 Å². The van der Waals surface area contributed by atoms with E-state index in [9.17, 15) is 4.79 Å². The van der Waals surface area contributed by atoms with Crippen LogP contribution in [0.15, 0.2) is 42.5 Å². The summed E-state index contributed by atoms with van der Waals surface area (Å²) in [4.78, 5) is 11.9. The van der Waals surface area contributed by atoms with Crippen LogP contribution in [-0.2, 0) is 4.79 Å². The van der Waals surface area contributed by atoms with Crippen LogP contribution in [0, 0.1) is 18.3 Å². The first-order valence-corrected chi connectivity index (χ1v) is 7.25. The van der Waals surface area contributed by atoms with E-state index in [-0.39, 0.29) is 19.1 Å². The lowest BCUT2D eigenvalue weighted by atomic mass is 10.2. The summed E-state index contributed by atoms with van der Waals surface area (Å²) >= 11 is 6.01. The zero-order valence-electron chi connectivity index (χ0n) is 12.5. The van der Waals surface area contributed by atoms with Gasteiger partial charge in [-0.05, 0) is 48.9 Å². The smallest absolute Gasteiger partial charge is 0.262 e. The molecule has 0 unspecified atom stereocenters. The van der Waals surface area contributed by atoms with E-state index in [0.29, 0.717) is 22.2 Å². The molecule has 5 nitrogen and oxygen atoms in total. The van der Waals surface area contributed by atoms with E-state index < -0.39 is 0 Å². The van der Waals surface area contributed by atoms with Crippen molar-refractivity contribution in [2.45, 2.75) is 6.92 Å². The van der Waals surface area contributed by atoms with Gasteiger partial charge >= 0.3 is 0 Å². The topological polar surface area (TPSA) is 71.3 Å². The average Bonchev–Trinajstić information content (AvgIpc) is 2.55. The Bertz CT molecular complexity index is 724. The Hall–Kier alpha value is -2.71. The highest BCUT2D eigenvalue weighted by Gasteiger charge is 2.07. The fraction of sp³-hybridized carbons (Fsp3) is 0.176. The van der Waals surface area contributed by atoms with E-state index in [1.165, 1.54) is 0 Å². The first-order valence-electron chi connectivity index (χ1n) is 6.87. The van der Waals surface area contributed by atoms with Crippen molar-refractivity contribution >= 4 is 23.2 Å². The minimum absolute atomic E-state index is 0.0171. The molecule has 0 saturated carbocycles. The lowest BCUT2D eigenvalue weighted by molar-refractivity contribution is -0.118. The van der Waals surface area contributed by atoms with E-state index in [2.05, 4.69) is 5.32 Å². The van der Waals surface area contributed by atoms with Crippen molar-refractivity contribution in [3.8, 4) is 17.6 Å². The minimum atomic E-state index is -0.298. The van der Waals surface area contributed by atoms with Crippen LogP contribution in [0.25, 0.3) is 0 Å². The SMILES string of the molecule is Cc1ccc(Cl)c(OCC(=O)Nc2ccc(OCC#N)cc2)c1. The summed E-state index contributed by atoms with van der Waals surface area (Å²) in [6.45, 7) is 1.76. The molecule has 2 aromatic carbocycles. The standard InChI is InChI=1S/C17H15ClN2O3/c1-12-2-7-15(18)16(10-12)23-11-17(21)20-13-3-5-14(6-4-13)22-9-8-19/h2-7,10H,9,11H2,1H3,(H,20,21). The number of ether oxygens (including phenoxy) is 2. The number of halogens is 1. The van der Waals surface area contributed by atoms with E-state index >= 15 is 0 Å². The zero-order valence-corrected chi connectivity index (χ0v) is 13.3. The maximum absolute atomic E-state index is 11.9. The molecule has 0 aromatic heterocycles. The number of benzene rings is 2. The highest BCUT2D eigenvalue weighted by Crippen LogP contribution is 2.25. The van der Waals surface area contributed by atoms with Gasteiger partial charge in [0, 0.05) is 5.69 Å². The quantitative estimate of drug-likeness (QED) is 0.879. The van der Waals surface area contributed by atoms with Crippen LogP contribution in [0.4, 0.5) is 5.69 Å². The normalized spacial score (nSPS) is 9.78. The average molecular weight is 331 g/mol. The number of carbonyl (C=O) groups excluding carboxylic acids is 1. The van der Waals surface area contributed by atoms with Crippen LogP contribution >= 0.6 is 11.6 Å². The molecular weight excluding hydrogens is 316 g/mol. The molecule has 1 amide bonds. The Morgan fingerprint density at radius 2 is 1.96 bits per heavy atom. The summed E-state index contributed by atoms with van der Waals surface area (Å²) in [5, 5.41) is 11.6. The van der Waals surface area contributed by atoms with Gasteiger partial charge in [0.05, 0.1) is 5.02 Å². The maximum Gasteiger partial charge on any atom is 0.262 e. The second-order valence-corrected chi connectivity index (χ2v) is 5.15. The van der Waals surface area contributed by atoms with Gasteiger partial charge in [0.15, 0.2) is 13.2 Å². The zero-order chi connectivity index (χ0) is 16.7. The van der Waals surface area contributed by atoms with Crippen LogP contribution in [0.2, 0.25) is 5.02 Å². The molecule has 23 heavy (non-hydrogen) atoms. The third-order valence-corrected chi connectivity index (χ3v) is 3.20. The first kappa shape index (κ1) is 16.7. The highest BCUT2D eigenvalue weighted by molar-refractivity contribution is 6.32. The molecule has 0 spiro atoms. The molecular formula is C17H15ClN2O3. The summed E-state index contributed by atoms with van der Waals surface area (Å²) < 4.78 is 10.6. The van der Waals surface area contributed by atoms with Gasteiger partial charge in [0.2, 0.25) is 0 Å². The van der Waals surface area contributed by atoms with Gasteiger partial charge in [-0.2, -0.15) is 5.26 Å². The predicted molar refractivity (Wildman–Crippen MR) is 87.9 cm³/mol. The molecule has 6 heteroatoms.